The molecule has 0 unspecified atom stereocenters. The van der Waals surface area contributed by atoms with Crippen LogP contribution in [0.25, 0.3) is 0 Å². The number of hydrogen-bond donors (Lipinski definition) is 2. The second-order valence-corrected chi connectivity index (χ2v) is 6.31. The highest BCUT2D eigenvalue weighted by Crippen LogP contribution is 2.19. The van der Waals surface area contributed by atoms with Gasteiger partial charge in [-0.25, -0.2) is 4.79 Å². The van der Waals surface area contributed by atoms with Crippen LogP contribution in [0.2, 0.25) is 0 Å². The average molecular weight is 382 g/mol. The molecule has 0 fully saturated rings. The van der Waals surface area contributed by atoms with Gasteiger partial charge in [0.05, 0.1) is 0 Å². The summed E-state index contributed by atoms with van der Waals surface area (Å²) in [5.41, 5.74) is -1.38. The zero-order valence-electron chi connectivity index (χ0n) is 12.6. The van der Waals surface area contributed by atoms with Gasteiger partial charge in [-0.1, -0.05) is 22.0 Å². The van der Waals surface area contributed by atoms with Gasteiger partial charge in [0.1, 0.15) is 23.7 Å². The highest BCUT2D eigenvalue weighted by Gasteiger charge is 2.30. The molecule has 0 aliphatic heterocycles. The maximum Gasteiger partial charge on any atom is 0.328 e. The van der Waals surface area contributed by atoms with Crippen LogP contribution in [0.1, 0.15) is 30.2 Å². The second-order valence-electron chi connectivity index (χ2n) is 5.40. The summed E-state index contributed by atoms with van der Waals surface area (Å²) in [4.78, 5) is 23.0. The van der Waals surface area contributed by atoms with Crippen LogP contribution in [-0.2, 0) is 11.4 Å². The van der Waals surface area contributed by atoms with Crippen LogP contribution in [0.5, 0.6) is 5.75 Å². The maximum atomic E-state index is 12.0. The van der Waals surface area contributed by atoms with Gasteiger partial charge in [-0.15, -0.1) is 0 Å². The molecule has 0 aliphatic rings. The van der Waals surface area contributed by atoms with Crippen LogP contribution in [0.3, 0.4) is 0 Å². The number of rotatable bonds is 6. The molecule has 0 aliphatic carbocycles. The topological polar surface area (TPSA) is 88.8 Å². The minimum absolute atomic E-state index is 0.0344. The quantitative estimate of drug-likeness (QED) is 0.801. The molecule has 1 aromatic heterocycles. The Labute approximate surface area is 141 Å². The molecule has 0 radical (unpaired) electrons. The van der Waals surface area contributed by atoms with E-state index in [4.69, 9.17) is 14.3 Å². The lowest BCUT2D eigenvalue weighted by atomic mass is 10.1. The first-order valence-corrected chi connectivity index (χ1v) is 7.60. The van der Waals surface area contributed by atoms with Crippen molar-refractivity contribution in [2.24, 2.45) is 0 Å². The Balaban J connectivity index is 1.97. The standard InChI is InChI=1S/C16H16BrNO5/c1-16(2,15(20)21)18-14(19)13-7-6-12(23-13)9-22-11-5-3-4-10(17)8-11/h3-8H,9H2,1-2H3,(H,18,19)(H,20,21). The first-order valence-electron chi connectivity index (χ1n) is 6.81. The molecule has 2 rings (SSSR count). The number of aliphatic carboxylic acids is 1. The molecule has 1 heterocycles. The van der Waals surface area contributed by atoms with Crippen molar-refractivity contribution in [3.63, 3.8) is 0 Å². The van der Waals surface area contributed by atoms with Gasteiger partial charge < -0.3 is 19.6 Å². The third kappa shape index (κ3) is 4.59. The zero-order chi connectivity index (χ0) is 17.0. The van der Waals surface area contributed by atoms with E-state index in [1.807, 2.05) is 18.2 Å². The number of ether oxygens (including phenoxy) is 1. The molecular formula is C16H16BrNO5. The van der Waals surface area contributed by atoms with E-state index in [0.29, 0.717) is 11.5 Å². The number of nitrogens with one attached hydrogen (secondary N) is 1. The molecule has 0 bridgehead atoms. The van der Waals surface area contributed by atoms with E-state index in [0.717, 1.165) is 4.47 Å². The predicted molar refractivity (Wildman–Crippen MR) is 86.4 cm³/mol. The molecule has 0 spiro atoms. The van der Waals surface area contributed by atoms with Crippen LogP contribution in [-0.4, -0.2) is 22.5 Å². The Morgan fingerprint density at radius 1 is 1.30 bits per heavy atom. The van der Waals surface area contributed by atoms with Crippen molar-refractivity contribution in [2.75, 3.05) is 0 Å². The van der Waals surface area contributed by atoms with Crippen LogP contribution in [0.15, 0.2) is 45.3 Å². The van der Waals surface area contributed by atoms with Crippen molar-refractivity contribution in [3.8, 4) is 5.75 Å². The molecule has 0 saturated carbocycles. The Morgan fingerprint density at radius 3 is 2.70 bits per heavy atom. The first kappa shape index (κ1) is 17.1. The summed E-state index contributed by atoms with van der Waals surface area (Å²) in [5.74, 6) is -0.564. The number of carboxylic acid groups (broad SMARTS) is 1. The van der Waals surface area contributed by atoms with Crippen LogP contribution >= 0.6 is 15.9 Å². The normalized spacial score (nSPS) is 11.1. The van der Waals surface area contributed by atoms with E-state index < -0.39 is 17.4 Å². The van der Waals surface area contributed by atoms with E-state index in [1.165, 1.54) is 19.9 Å². The smallest absolute Gasteiger partial charge is 0.328 e. The minimum Gasteiger partial charge on any atom is -0.486 e. The monoisotopic (exact) mass is 381 g/mol. The number of carbonyl (C=O) groups is 2. The lowest BCUT2D eigenvalue weighted by Gasteiger charge is -2.19. The van der Waals surface area contributed by atoms with Gasteiger partial charge in [0, 0.05) is 4.47 Å². The van der Waals surface area contributed by atoms with Gasteiger partial charge in [-0.3, -0.25) is 4.79 Å². The molecule has 6 nitrogen and oxygen atoms in total. The molecule has 122 valence electrons. The molecule has 2 aromatic rings. The second kappa shape index (κ2) is 6.87. The molecule has 2 N–H and O–H groups in total. The van der Waals surface area contributed by atoms with E-state index in [2.05, 4.69) is 21.2 Å². The third-order valence-corrected chi connectivity index (χ3v) is 3.52. The lowest BCUT2D eigenvalue weighted by Crippen LogP contribution is -2.49. The summed E-state index contributed by atoms with van der Waals surface area (Å²) in [6.07, 6.45) is 0. The number of carboxylic acids is 1. The summed E-state index contributed by atoms with van der Waals surface area (Å²) >= 11 is 3.35. The fourth-order valence-electron chi connectivity index (χ4n) is 1.69. The zero-order valence-corrected chi connectivity index (χ0v) is 14.2. The van der Waals surface area contributed by atoms with E-state index in [9.17, 15) is 9.59 Å². The summed E-state index contributed by atoms with van der Waals surface area (Å²) in [6, 6.07) is 10.4. The van der Waals surface area contributed by atoms with Crippen molar-refractivity contribution in [3.05, 3.63) is 52.4 Å². The number of furan rings is 1. The minimum atomic E-state index is -1.38. The Morgan fingerprint density at radius 2 is 2.04 bits per heavy atom. The highest BCUT2D eigenvalue weighted by atomic mass is 79.9. The average Bonchev–Trinajstić information content (AvgIpc) is 2.93. The Hall–Kier alpha value is -2.28. The van der Waals surface area contributed by atoms with Crippen molar-refractivity contribution in [2.45, 2.75) is 26.0 Å². The van der Waals surface area contributed by atoms with Crippen LogP contribution in [0.4, 0.5) is 0 Å². The number of hydrogen-bond acceptors (Lipinski definition) is 4. The van der Waals surface area contributed by atoms with E-state index in [-0.39, 0.29) is 12.4 Å². The maximum absolute atomic E-state index is 12.0. The van der Waals surface area contributed by atoms with Crippen molar-refractivity contribution < 1.29 is 23.8 Å². The van der Waals surface area contributed by atoms with Gasteiger partial charge in [0.2, 0.25) is 0 Å². The van der Waals surface area contributed by atoms with Gasteiger partial charge in [-0.05, 0) is 44.2 Å². The van der Waals surface area contributed by atoms with Gasteiger partial charge in [0.25, 0.3) is 5.91 Å². The SMILES string of the molecule is CC(C)(NC(=O)c1ccc(COc2cccc(Br)c2)o1)C(=O)O. The number of benzene rings is 1. The molecule has 0 atom stereocenters. The van der Waals surface area contributed by atoms with Crippen LogP contribution < -0.4 is 10.1 Å². The van der Waals surface area contributed by atoms with E-state index in [1.54, 1.807) is 12.1 Å². The number of carbonyl (C=O) groups excluding carboxylic acids is 1. The van der Waals surface area contributed by atoms with E-state index >= 15 is 0 Å². The fraction of sp³-hybridized carbons (Fsp3) is 0.250. The largest absolute Gasteiger partial charge is 0.486 e. The van der Waals surface area contributed by atoms with Crippen molar-refractivity contribution in [1.29, 1.82) is 0 Å². The van der Waals surface area contributed by atoms with Crippen LogP contribution in [0, 0.1) is 0 Å². The predicted octanol–water partition coefficient (Wildman–Crippen LogP) is 3.21. The summed E-state index contributed by atoms with van der Waals surface area (Å²) in [7, 11) is 0. The summed E-state index contributed by atoms with van der Waals surface area (Å²) in [5, 5.41) is 11.4. The molecule has 23 heavy (non-hydrogen) atoms. The summed E-state index contributed by atoms with van der Waals surface area (Å²) < 4.78 is 11.8. The molecule has 1 amide bonds. The first-order chi connectivity index (χ1) is 10.8. The summed E-state index contributed by atoms with van der Waals surface area (Å²) in [6.45, 7) is 2.95. The third-order valence-electron chi connectivity index (χ3n) is 3.02. The van der Waals surface area contributed by atoms with Gasteiger partial charge in [0.15, 0.2) is 5.76 Å². The number of halogens is 1. The lowest BCUT2D eigenvalue weighted by molar-refractivity contribution is -0.143. The van der Waals surface area contributed by atoms with Gasteiger partial charge >= 0.3 is 5.97 Å². The molecule has 0 saturated heterocycles. The molecule has 1 aromatic carbocycles. The Bertz CT molecular complexity index is 723. The van der Waals surface area contributed by atoms with Crippen molar-refractivity contribution >= 4 is 27.8 Å². The molecule has 7 heteroatoms. The Kier molecular flexibility index (Phi) is 5.10. The molecular weight excluding hydrogens is 366 g/mol. The van der Waals surface area contributed by atoms with Gasteiger partial charge in [-0.2, -0.15) is 0 Å². The fourth-order valence-corrected chi connectivity index (χ4v) is 2.07. The number of amides is 1. The highest BCUT2D eigenvalue weighted by molar-refractivity contribution is 9.10. The van der Waals surface area contributed by atoms with Crippen molar-refractivity contribution in [1.82, 2.24) is 5.32 Å².